The van der Waals surface area contributed by atoms with E-state index >= 15 is 0 Å². The number of thiocarbonyl (C=S) groups is 1. The summed E-state index contributed by atoms with van der Waals surface area (Å²) in [4.78, 5) is 16.1. The summed E-state index contributed by atoms with van der Waals surface area (Å²) in [6.07, 6.45) is 0.935. The van der Waals surface area contributed by atoms with Gasteiger partial charge in [0, 0.05) is 6.54 Å². The minimum absolute atomic E-state index is 0.173. The first kappa shape index (κ1) is 20.3. The van der Waals surface area contributed by atoms with E-state index in [-0.39, 0.29) is 18.1 Å². The smallest absolute Gasteiger partial charge is 0.258 e. The predicted octanol–water partition coefficient (Wildman–Crippen LogP) is 1.51. The number of carbonyl (C=O) groups excluding carboxylic acids is 1. The Labute approximate surface area is 159 Å². The Balaban J connectivity index is 2.33. The van der Waals surface area contributed by atoms with E-state index in [1.807, 2.05) is 6.92 Å². The average molecular weight is 395 g/mol. The zero-order valence-electron chi connectivity index (χ0n) is 15.0. The van der Waals surface area contributed by atoms with Gasteiger partial charge < -0.3 is 4.90 Å². The summed E-state index contributed by atoms with van der Waals surface area (Å²) in [7, 11) is -3.57. The molecular weight excluding hydrogens is 372 g/mol. The Hall–Kier alpha value is -2.02. The lowest BCUT2D eigenvalue weighted by molar-refractivity contribution is -0.123. The number of benzene rings is 1. The zero-order chi connectivity index (χ0) is 19.7. The van der Waals surface area contributed by atoms with Crippen molar-refractivity contribution in [2.45, 2.75) is 39.2 Å². The molecule has 2 rings (SSSR count). The van der Waals surface area contributed by atoms with Gasteiger partial charge >= 0.3 is 0 Å². The second kappa shape index (κ2) is 7.31. The Morgan fingerprint density at radius 2 is 2.00 bits per heavy atom. The average Bonchev–Trinajstić information content (AvgIpc) is 2.73. The van der Waals surface area contributed by atoms with Crippen LogP contribution in [0.15, 0.2) is 18.2 Å². The van der Waals surface area contributed by atoms with Gasteiger partial charge in [-0.05, 0) is 62.7 Å². The van der Waals surface area contributed by atoms with Crippen LogP contribution in [0.25, 0.3) is 0 Å². The first-order valence-electron chi connectivity index (χ1n) is 8.22. The Morgan fingerprint density at radius 3 is 2.54 bits per heavy atom. The van der Waals surface area contributed by atoms with Gasteiger partial charge in [0.25, 0.3) is 5.91 Å². The summed E-state index contributed by atoms with van der Waals surface area (Å²) >= 11 is 5.50. The molecule has 2 N–H and O–H groups in total. The number of anilines is 1. The van der Waals surface area contributed by atoms with Crippen molar-refractivity contribution in [3.8, 4) is 6.07 Å². The van der Waals surface area contributed by atoms with Crippen LogP contribution in [0.5, 0.6) is 0 Å². The highest BCUT2D eigenvalue weighted by molar-refractivity contribution is 7.89. The number of nitriles is 1. The first-order chi connectivity index (χ1) is 12.0. The number of nitrogens with two attached hydrogens (primary N) is 1. The molecule has 0 unspecified atom stereocenters. The largest absolute Gasteiger partial charge is 0.334 e. The van der Waals surface area contributed by atoms with Crippen LogP contribution >= 0.6 is 12.2 Å². The fraction of sp³-hybridized carbons (Fsp3) is 0.471. The van der Waals surface area contributed by atoms with Gasteiger partial charge in [-0.1, -0.05) is 6.92 Å². The van der Waals surface area contributed by atoms with E-state index in [4.69, 9.17) is 17.4 Å². The molecule has 1 aromatic carbocycles. The lowest BCUT2D eigenvalue weighted by Crippen LogP contribution is -2.45. The highest BCUT2D eigenvalue weighted by Gasteiger charge is 2.49. The summed E-state index contributed by atoms with van der Waals surface area (Å²) in [5.74, 6) is -0.363. The van der Waals surface area contributed by atoms with Crippen molar-refractivity contribution in [2.24, 2.45) is 5.14 Å². The summed E-state index contributed by atoms with van der Waals surface area (Å²) in [6.45, 7) is 5.75. The van der Waals surface area contributed by atoms with Crippen LogP contribution in [0, 0.1) is 11.3 Å². The van der Waals surface area contributed by atoms with Gasteiger partial charge in [0.2, 0.25) is 10.0 Å². The number of carbonyl (C=O) groups is 1. The van der Waals surface area contributed by atoms with Crippen molar-refractivity contribution in [3.05, 3.63) is 29.3 Å². The van der Waals surface area contributed by atoms with Gasteiger partial charge in [-0.3, -0.25) is 9.69 Å². The fourth-order valence-corrected chi connectivity index (χ4v) is 4.02. The zero-order valence-corrected chi connectivity index (χ0v) is 16.7. The molecule has 0 radical (unpaired) electrons. The van der Waals surface area contributed by atoms with E-state index in [9.17, 15) is 18.5 Å². The van der Waals surface area contributed by atoms with Crippen molar-refractivity contribution in [3.63, 3.8) is 0 Å². The van der Waals surface area contributed by atoms with Crippen LogP contribution in [0.2, 0.25) is 0 Å². The van der Waals surface area contributed by atoms with Crippen LogP contribution in [0.4, 0.5) is 5.69 Å². The molecule has 1 aliphatic heterocycles. The second-order valence-corrected chi connectivity index (χ2v) is 8.76. The predicted molar refractivity (Wildman–Crippen MR) is 104 cm³/mol. The van der Waals surface area contributed by atoms with Crippen LogP contribution in [0.1, 0.15) is 38.3 Å². The molecule has 0 bridgehead atoms. The Bertz CT molecular complexity index is 888. The molecule has 0 aliphatic carbocycles. The number of hydrogen-bond donors (Lipinski definition) is 1. The van der Waals surface area contributed by atoms with E-state index < -0.39 is 15.6 Å². The lowest BCUT2D eigenvalue weighted by atomic mass is 10.0. The molecule has 1 heterocycles. The van der Waals surface area contributed by atoms with Crippen LogP contribution in [-0.4, -0.2) is 42.2 Å². The summed E-state index contributed by atoms with van der Waals surface area (Å²) in [5, 5.41) is 14.5. The van der Waals surface area contributed by atoms with E-state index in [0.29, 0.717) is 29.3 Å². The minimum atomic E-state index is -3.57. The topological polar surface area (TPSA) is 108 Å². The Kier molecular flexibility index (Phi) is 5.70. The highest BCUT2D eigenvalue weighted by atomic mass is 32.2. The molecule has 140 valence electrons. The number of rotatable bonds is 6. The first-order valence-corrected chi connectivity index (χ1v) is 10.3. The fourth-order valence-electron chi connectivity index (χ4n) is 2.98. The normalized spacial score (nSPS) is 16.9. The lowest BCUT2D eigenvalue weighted by Gasteiger charge is -2.29. The maximum atomic E-state index is 13.0. The molecular formula is C17H22N4O3S2. The molecule has 0 aromatic heterocycles. The third kappa shape index (κ3) is 3.87. The van der Waals surface area contributed by atoms with Crippen molar-refractivity contribution >= 4 is 38.9 Å². The maximum absolute atomic E-state index is 13.0. The molecule has 1 saturated heterocycles. The molecule has 1 fully saturated rings. The molecule has 0 atom stereocenters. The van der Waals surface area contributed by atoms with Crippen molar-refractivity contribution in [1.82, 2.24) is 4.90 Å². The second-order valence-electron chi connectivity index (χ2n) is 6.66. The third-order valence-corrected chi connectivity index (χ3v) is 5.74. The number of amides is 1. The summed E-state index contributed by atoms with van der Waals surface area (Å²) in [6, 6.07) is 7.32. The van der Waals surface area contributed by atoms with Crippen molar-refractivity contribution in [2.75, 3.05) is 17.2 Å². The van der Waals surface area contributed by atoms with E-state index in [1.54, 1.807) is 36.9 Å². The van der Waals surface area contributed by atoms with Crippen molar-refractivity contribution in [1.29, 1.82) is 5.26 Å². The van der Waals surface area contributed by atoms with Gasteiger partial charge in [-0.25, -0.2) is 13.6 Å². The third-order valence-electron chi connectivity index (χ3n) is 4.48. The standard InChI is InChI=1S/C17H22N4O3S2/c1-4-12-10-14(7-6-13(12)11-18)21-15(22)17(2,3)20(16(21)25)8-5-9-26(19,23)24/h6-7,10H,4-5,8-9H2,1-3H3,(H2,19,23,24). The number of primary sulfonamides is 1. The summed E-state index contributed by atoms with van der Waals surface area (Å²) < 4.78 is 22.3. The summed E-state index contributed by atoms with van der Waals surface area (Å²) in [5.41, 5.74) is 1.12. The van der Waals surface area contributed by atoms with Crippen molar-refractivity contribution < 1.29 is 13.2 Å². The molecule has 9 heteroatoms. The monoisotopic (exact) mass is 394 g/mol. The van der Waals surface area contributed by atoms with Gasteiger partial charge in [-0.2, -0.15) is 5.26 Å². The van der Waals surface area contributed by atoms with Gasteiger partial charge in [-0.15, -0.1) is 0 Å². The number of nitrogens with zero attached hydrogens (tertiary/aromatic N) is 3. The highest BCUT2D eigenvalue weighted by Crippen LogP contribution is 2.33. The van der Waals surface area contributed by atoms with Gasteiger partial charge in [0.15, 0.2) is 5.11 Å². The quantitative estimate of drug-likeness (QED) is 0.733. The number of aryl methyl sites for hydroxylation is 1. The molecule has 1 amide bonds. The van der Waals surface area contributed by atoms with Crippen LogP contribution < -0.4 is 10.0 Å². The molecule has 1 aromatic rings. The van der Waals surface area contributed by atoms with Crippen LogP contribution in [-0.2, 0) is 21.2 Å². The molecule has 26 heavy (non-hydrogen) atoms. The van der Waals surface area contributed by atoms with Crippen LogP contribution in [0.3, 0.4) is 0 Å². The number of hydrogen-bond acceptors (Lipinski definition) is 5. The molecule has 0 spiro atoms. The maximum Gasteiger partial charge on any atom is 0.258 e. The molecule has 7 nitrogen and oxygen atoms in total. The SMILES string of the molecule is CCc1cc(N2C(=O)C(C)(C)N(CCCS(N)(=O)=O)C2=S)ccc1C#N. The van der Waals surface area contributed by atoms with E-state index in [1.165, 1.54) is 4.90 Å². The molecule has 0 saturated carbocycles. The van der Waals surface area contributed by atoms with E-state index in [0.717, 1.165) is 5.56 Å². The molecule has 1 aliphatic rings. The minimum Gasteiger partial charge on any atom is -0.334 e. The Morgan fingerprint density at radius 1 is 1.35 bits per heavy atom. The van der Waals surface area contributed by atoms with E-state index in [2.05, 4.69) is 6.07 Å². The van der Waals surface area contributed by atoms with Gasteiger partial charge in [0.1, 0.15) is 5.54 Å². The van der Waals surface area contributed by atoms with Gasteiger partial charge in [0.05, 0.1) is 23.1 Å². The number of sulfonamides is 1.